The average molecular weight is 223 g/mol. The van der Waals surface area contributed by atoms with Gasteiger partial charge in [0.2, 0.25) is 0 Å². The van der Waals surface area contributed by atoms with Gasteiger partial charge in [-0.1, -0.05) is 38.8 Å². The molecule has 1 aromatic carbocycles. The zero-order valence-electron chi connectivity index (χ0n) is 10.3. The van der Waals surface area contributed by atoms with E-state index in [1.54, 1.807) is 0 Å². The number of hydrogen-bond donors (Lipinski definition) is 1. The molecule has 0 heterocycles. The Labute approximate surface area is 98.1 Å². The first-order valence-corrected chi connectivity index (χ1v) is 6.24. The van der Waals surface area contributed by atoms with Crippen molar-refractivity contribution < 1.29 is 4.39 Å². The molecule has 0 spiro atoms. The Hall–Kier alpha value is -0.890. The minimum atomic E-state index is -0.164. The van der Waals surface area contributed by atoms with E-state index in [1.165, 1.54) is 37.8 Å². The molecule has 16 heavy (non-hydrogen) atoms. The van der Waals surface area contributed by atoms with Crippen LogP contribution in [0.5, 0.6) is 0 Å². The van der Waals surface area contributed by atoms with Crippen molar-refractivity contribution in [2.75, 3.05) is 0 Å². The number of halogens is 1. The molecule has 0 radical (unpaired) electrons. The molecule has 0 aliphatic rings. The average Bonchev–Trinajstić information content (AvgIpc) is 2.29. The van der Waals surface area contributed by atoms with Crippen molar-refractivity contribution in [2.45, 2.75) is 52.1 Å². The third-order valence-electron chi connectivity index (χ3n) is 2.78. The molecule has 2 heteroatoms. The minimum absolute atomic E-state index is 0.164. The van der Waals surface area contributed by atoms with Crippen LogP contribution in [0.3, 0.4) is 0 Å². The molecule has 0 aromatic heterocycles. The minimum Gasteiger partial charge on any atom is -0.310 e. The summed E-state index contributed by atoms with van der Waals surface area (Å²) >= 11 is 0. The van der Waals surface area contributed by atoms with E-state index in [0.29, 0.717) is 6.04 Å². The van der Waals surface area contributed by atoms with Gasteiger partial charge in [-0.2, -0.15) is 0 Å². The molecule has 0 saturated carbocycles. The molecule has 1 aromatic rings. The van der Waals surface area contributed by atoms with Crippen molar-refractivity contribution in [2.24, 2.45) is 0 Å². The van der Waals surface area contributed by atoms with Gasteiger partial charge in [-0.15, -0.1) is 0 Å². The Morgan fingerprint density at radius 1 is 1.06 bits per heavy atom. The van der Waals surface area contributed by atoms with Gasteiger partial charge in [-0.05, 0) is 30.5 Å². The summed E-state index contributed by atoms with van der Waals surface area (Å²) in [6.07, 6.45) is 4.85. The van der Waals surface area contributed by atoms with E-state index < -0.39 is 0 Å². The molecule has 1 rings (SSSR count). The van der Waals surface area contributed by atoms with Crippen LogP contribution in [-0.4, -0.2) is 6.04 Å². The highest BCUT2D eigenvalue weighted by atomic mass is 19.1. The molecule has 0 atom stereocenters. The molecular weight excluding hydrogens is 201 g/mol. The van der Waals surface area contributed by atoms with Gasteiger partial charge < -0.3 is 5.32 Å². The van der Waals surface area contributed by atoms with Crippen molar-refractivity contribution in [3.63, 3.8) is 0 Å². The second-order valence-electron chi connectivity index (χ2n) is 4.28. The number of rotatable bonds is 7. The van der Waals surface area contributed by atoms with Crippen LogP contribution in [0.25, 0.3) is 0 Å². The van der Waals surface area contributed by atoms with Crippen LogP contribution in [0, 0.1) is 5.82 Å². The maximum atomic E-state index is 12.7. The van der Waals surface area contributed by atoms with Gasteiger partial charge in [0.1, 0.15) is 5.82 Å². The first-order valence-electron chi connectivity index (χ1n) is 6.24. The van der Waals surface area contributed by atoms with Crippen molar-refractivity contribution in [3.05, 3.63) is 35.6 Å². The van der Waals surface area contributed by atoms with Crippen molar-refractivity contribution in [1.29, 1.82) is 0 Å². The predicted octanol–water partition coefficient (Wildman–Crippen LogP) is 3.88. The summed E-state index contributed by atoms with van der Waals surface area (Å²) in [4.78, 5) is 0. The van der Waals surface area contributed by atoms with Crippen molar-refractivity contribution in [3.8, 4) is 0 Å². The molecular formula is C14H22FN. The summed E-state index contributed by atoms with van der Waals surface area (Å²) in [7, 11) is 0. The third-order valence-corrected chi connectivity index (χ3v) is 2.78. The van der Waals surface area contributed by atoms with Gasteiger partial charge in [-0.3, -0.25) is 0 Å². The zero-order valence-corrected chi connectivity index (χ0v) is 10.3. The Kier molecular flexibility index (Phi) is 6.09. The smallest absolute Gasteiger partial charge is 0.123 e. The molecule has 0 saturated heterocycles. The predicted molar refractivity (Wildman–Crippen MR) is 66.8 cm³/mol. The van der Waals surface area contributed by atoms with Gasteiger partial charge >= 0.3 is 0 Å². The summed E-state index contributed by atoms with van der Waals surface area (Å²) in [5, 5.41) is 3.53. The first kappa shape index (κ1) is 13.2. The van der Waals surface area contributed by atoms with Crippen LogP contribution in [0.15, 0.2) is 24.3 Å². The Balaban J connectivity index is 2.38. The highest BCUT2D eigenvalue weighted by Gasteiger charge is 2.05. The molecule has 0 aliphatic carbocycles. The fourth-order valence-electron chi connectivity index (χ4n) is 1.91. The highest BCUT2D eigenvalue weighted by molar-refractivity contribution is 5.15. The lowest BCUT2D eigenvalue weighted by Crippen LogP contribution is -2.28. The number of nitrogens with one attached hydrogen (secondary N) is 1. The first-order chi connectivity index (χ1) is 7.76. The lowest BCUT2D eigenvalue weighted by molar-refractivity contribution is 0.443. The maximum Gasteiger partial charge on any atom is 0.123 e. The molecule has 0 unspecified atom stereocenters. The van der Waals surface area contributed by atoms with E-state index >= 15 is 0 Å². The van der Waals surface area contributed by atoms with Crippen LogP contribution in [0.2, 0.25) is 0 Å². The quantitative estimate of drug-likeness (QED) is 0.739. The lowest BCUT2D eigenvalue weighted by Gasteiger charge is -2.17. The van der Waals surface area contributed by atoms with E-state index in [4.69, 9.17) is 0 Å². The summed E-state index contributed by atoms with van der Waals surface area (Å²) in [5.74, 6) is -0.164. The topological polar surface area (TPSA) is 12.0 Å². The normalized spacial score (nSPS) is 11.0. The molecule has 0 fully saturated rings. The monoisotopic (exact) mass is 223 g/mol. The molecule has 0 aliphatic heterocycles. The van der Waals surface area contributed by atoms with Crippen LogP contribution >= 0.6 is 0 Å². The summed E-state index contributed by atoms with van der Waals surface area (Å²) in [6.45, 7) is 5.26. The van der Waals surface area contributed by atoms with E-state index in [0.717, 1.165) is 12.1 Å². The van der Waals surface area contributed by atoms with Crippen LogP contribution < -0.4 is 5.32 Å². The van der Waals surface area contributed by atoms with E-state index in [1.807, 2.05) is 12.1 Å². The standard InChI is InChI=1S/C14H22FN/c1-3-5-14(6-4-2)16-11-12-7-9-13(15)10-8-12/h7-10,14,16H,3-6,11H2,1-2H3. The second kappa shape index (κ2) is 7.39. The fourth-order valence-corrected chi connectivity index (χ4v) is 1.91. The fraction of sp³-hybridized carbons (Fsp3) is 0.571. The molecule has 0 bridgehead atoms. The van der Waals surface area contributed by atoms with Gasteiger partial charge in [-0.25, -0.2) is 4.39 Å². The summed E-state index contributed by atoms with van der Waals surface area (Å²) in [5.41, 5.74) is 1.15. The van der Waals surface area contributed by atoms with Gasteiger partial charge in [0, 0.05) is 12.6 Å². The maximum absolute atomic E-state index is 12.7. The number of benzene rings is 1. The van der Waals surface area contributed by atoms with Crippen LogP contribution in [-0.2, 0) is 6.54 Å². The summed E-state index contributed by atoms with van der Waals surface area (Å²) in [6, 6.07) is 7.33. The third kappa shape index (κ3) is 4.75. The molecule has 1 N–H and O–H groups in total. The van der Waals surface area contributed by atoms with Gasteiger partial charge in [0.25, 0.3) is 0 Å². The zero-order chi connectivity index (χ0) is 11.8. The van der Waals surface area contributed by atoms with E-state index in [9.17, 15) is 4.39 Å². The Bertz CT molecular complexity index is 275. The van der Waals surface area contributed by atoms with E-state index in [-0.39, 0.29) is 5.82 Å². The highest BCUT2D eigenvalue weighted by Crippen LogP contribution is 2.07. The SMILES string of the molecule is CCCC(CCC)NCc1ccc(F)cc1. The lowest BCUT2D eigenvalue weighted by atomic mass is 10.1. The van der Waals surface area contributed by atoms with Crippen LogP contribution in [0.4, 0.5) is 4.39 Å². The molecule has 0 amide bonds. The molecule has 90 valence electrons. The molecule has 1 nitrogen and oxygen atoms in total. The largest absolute Gasteiger partial charge is 0.310 e. The van der Waals surface area contributed by atoms with Crippen molar-refractivity contribution >= 4 is 0 Å². The van der Waals surface area contributed by atoms with Gasteiger partial charge in [0.05, 0.1) is 0 Å². The van der Waals surface area contributed by atoms with Crippen LogP contribution in [0.1, 0.15) is 45.1 Å². The van der Waals surface area contributed by atoms with E-state index in [2.05, 4.69) is 19.2 Å². The van der Waals surface area contributed by atoms with Gasteiger partial charge in [0.15, 0.2) is 0 Å². The second-order valence-corrected chi connectivity index (χ2v) is 4.28. The number of hydrogen-bond acceptors (Lipinski definition) is 1. The van der Waals surface area contributed by atoms with Crippen molar-refractivity contribution in [1.82, 2.24) is 5.32 Å². The Morgan fingerprint density at radius 3 is 2.12 bits per heavy atom. The summed E-state index contributed by atoms with van der Waals surface area (Å²) < 4.78 is 12.7. The Morgan fingerprint density at radius 2 is 1.62 bits per heavy atom.